The summed E-state index contributed by atoms with van der Waals surface area (Å²) in [7, 11) is 1.81. The number of hydrogen-bond donors (Lipinski definition) is 1. The van der Waals surface area contributed by atoms with Crippen molar-refractivity contribution >= 4 is 16.7 Å². The van der Waals surface area contributed by atoms with Gasteiger partial charge < -0.3 is 5.32 Å². The molecule has 0 fully saturated rings. The summed E-state index contributed by atoms with van der Waals surface area (Å²) in [5.74, 6) is 0.894. The van der Waals surface area contributed by atoms with Crippen molar-refractivity contribution in [3.05, 3.63) is 35.1 Å². The standard InChI is InChI=1S/C14H17FN2/c1-8(2)11-7-10-6-5-9(3)12(15)13(10)17-14(11)16-4/h5-8H,1-4H3,(H,16,17). The molecule has 90 valence electrons. The summed E-state index contributed by atoms with van der Waals surface area (Å²) in [6.07, 6.45) is 0. The molecule has 1 aromatic heterocycles. The molecule has 2 aromatic rings. The molecule has 0 aliphatic rings. The molecular formula is C14H17FN2. The normalized spacial score (nSPS) is 11.2. The maximum atomic E-state index is 14.0. The predicted molar refractivity (Wildman–Crippen MR) is 70.1 cm³/mol. The zero-order valence-corrected chi connectivity index (χ0v) is 10.6. The van der Waals surface area contributed by atoms with Crippen LogP contribution in [0, 0.1) is 12.7 Å². The summed E-state index contributed by atoms with van der Waals surface area (Å²) in [6.45, 7) is 5.97. The second-order valence-electron chi connectivity index (χ2n) is 4.60. The molecule has 3 heteroatoms. The van der Waals surface area contributed by atoms with Crippen LogP contribution in [0.25, 0.3) is 10.9 Å². The fourth-order valence-electron chi connectivity index (χ4n) is 1.96. The number of hydrogen-bond acceptors (Lipinski definition) is 2. The van der Waals surface area contributed by atoms with Crippen molar-refractivity contribution < 1.29 is 4.39 Å². The van der Waals surface area contributed by atoms with E-state index >= 15 is 0 Å². The highest BCUT2D eigenvalue weighted by Crippen LogP contribution is 2.28. The molecule has 0 radical (unpaired) electrons. The van der Waals surface area contributed by atoms with Gasteiger partial charge in [-0.1, -0.05) is 26.0 Å². The van der Waals surface area contributed by atoms with Crippen LogP contribution in [0.3, 0.4) is 0 Å². The maximum Gasteiger partial charge on any atom is 0.152 e. The van der Waals surface area contributed by atoms with Crippen molar-refractivity contribution in [1.29, 1.82) is 0 Å². The van der Waals surface area contributed by atoms with Crippen LogP contribution in [0.2, 0.25) is 0 Å². The quantitative estimate of drug-likeness (QED) is 0.850. The molecule has 2 nitrogen and oxygen atoms in total. The van der Waals surface area contributed by atoms with Gasteiger partial charge in [-0.25, -0.2) is 9.37 Å². The SMILES string of the molecule is CNc1nc2c(F)c(C)ccc2cc1C(C)C. The molecule has 1 heterocycles. The Labute approximate surface area is 101 Å². The van der Waals surface area contributed by atoms with Crippen LogP contribution in [-0.4, -0.2) is 12.0 Å². The first kappa shape index (κ1) is 11.8. The van der Waals surface area contributed by atoms with Crippen LogP contribution in [-0.2, 0) is 0 Å². The van der Waals surface area contributed by atoms with Crippen LogP contribution >= 0.6 is 0 Å². The number of nitrogens with zero attached hydrogens (tertiary/aromatic N) is 1. The number of rotatable bonds is 2. The Balaban J connectivity index is 2.78. The van der Waals surface area contributed by atoms with Gasteiger partial charge in [-0.2, -0.15) is 0 Å². The van der Waals surface area contributed by atoms with E-state index in [1.54, 1.807) is 13.0 Å². The summed E-state index contributed by atoms with van der Waals surface area (Å²) in [4.78, 5) is 4.39. The average molecular weight is 232 g/mol. The third-order valence-electron chi connectivity index (χ3n) is 3.01. The lowest BCUT2D eigenvalue weighted by molar-refractivity contribution is 0.627. The molecule has 0 amide bonds. The average Bonchev–Trinajstić information content (AvgIpc) is 2.32. The fourth-order valence-corrected chi connectivity index (χ4v) is 1.96. The first-order chi connectivity index (χ1) is 8.04. The highest BCUT2D eigenvalue weighted by Gasteiger charge is 2.12. The van der Waals surface area contributed by atoms with Crippen molar-refractivity contribution in [1.82, 2.24) is 4.98 Å². The number of halogens is 1. The number of aryl methyl sites for hydroxylation is 1. The Morgan fingerprint density at radius 1 is 1.29 bits per heavy atom. The van der Waals surface area contributed by atoms with Crippen LogP contribution in [0.15, 0.2) is 18.2 Å². The summed E-state index contributed by atoms with van der Waals surface area (Å²) in [5.41, 5.74) is 2.19. The van der Waals surface area contributed by atoms with E-state index in [0.717, 1.165) is 16.8 Å². The number of nitrogens with one attached hydrogen (secondary N) is 1. The molecule has 0 spiro atoms. The highest BCUT2D eigenvalue weighted by molar-refractivity contribution is 5.83. The Bertz CT molecular complexity index is 562. The van der Waals surface area contributed by atoms with Gasteiger partial charge in [0.2, 0.25) is 0 Å². The monoisotopic (exact) mass is 232 g/mol. The minimum absolute atomic E-state index is 0.227. The largest absolute Gasteiger partial charge is 0.373 e. The summed E-state index contributed by atoms with van der Waals surface area (Å²) < 4.78 is 14.0. The van der Waals surface area contributed by atoms with E-state index in [2.05, 4.69) is 24.1 Å². The lowest BCUT2D eigenvalue weighted by atomic mass is 10.0. The minimum atomic E-state index is -0.227. The van der Waals surface area contributed by atoms with Crippen LogP contribution < -0.4 is 5.32 Å². The van der Waals surface area contributed by atoms with Crippen molar-refractivity contribution in [2.75, 3.05) is 12.4 Å². The second-order valence-corrected chi connectivity index (χ2v) is 4.60. The van der Waals surface area contributed by atoms with E-state index in [9.17, 15) is 4.39 Å². The summed E-state index contributed by atoms with van der Waals surface area (Å²) >= 11 is 0. The molecular weight excluding hydrogens is 215 g/mol. The van der Waals surface area contributed by atoms with Crippen LogP contribution in [0.1, 0.15) is 30.9 Å². The van der Waals surface area contributed by atoms with Gasteiger partial charge in [0.25, 0.3) is 0 Å². The number of anilines is 1. The molecule has 1 N–H and O–H groups in total. The van der Waals surface area contributed by atoms with Gasteiger partial charge in [-0.15, -0.1) is 0 Å². The van der Waals surface area contributed by atoms with E-state index in [4.69, 9.17) is 0 Å². The summed E-state index contributed by atoms with van der Waals surface area (Å²) in [6, 6.07) is 5.73. The third-order valence-corrected chi connectivity index (χ3v) is 3.01. The molecule has 0 unspecified atom stereocenters. The number of fused-ring (bicyclic) bond motifs is 1. The summed E-state index contributed by atoms with van der Waals surface area (Å²) in [5, 5.41) is 3.90. The van der Waals surface area contributed by atoms with Gasteiger partial charge >= 0.3 is 0 Å². The molecule has 0 aliphatic heterocycles. The van der Waals surface area contributed by atoms with Gasteiger partial charge in [-0.3, -0.25) is 0 Å². The number of aromatic nitrogens is 1. The van der Waals surface area contributed by atoms with E-state index in [0.29, 0.717) is 17.0 Å². The highest BCUT2D eigenvalue weighted by atomic mass is 19.1. The van der Waals surface area contributed by atoms with Gasteiger partial charge in [0.15, 0.2) is 5.82 Å². The second kappa shape index (κ2) is 4.32. The van der Waals surface area contributed by atoms with E-state index in [-0.39, 0.29) is 5.82 Å². The van der Waals surface area contributed by atoms with Crippen molar-refractivity contribution in [2.45, 2.75) is 26.7 Å². The zero-order valence-electron chi connectivity index (χ0n) is 10.6. The molecule has 0 saturated carbocycles. The molecule has 17 heavy (non-hydrogen) atoms. The molecule has 0 saturated heterocycles. The first-order valence-electron chi connectivity index (χ1n) is 5.82. The molecule has 0 bridgehead atoms. The van der Waals surface area contributed by atoms with Gasteiger partial charge in [-0.05, 0) is 30.0 Å². The Hall–Kier alpha value is -1.64. The van der Waals surface area contributed by atoms with Crippen LogP contribution in [0.5, 0.6) is 0 Å². The lowest BCUT2D eigenvalue weighted by Crippen LogP contribution is -2.02. The lowest BCUT2D eigenvalue weighted by Gasteiger charge is -2.13. The van der Waals surface area contributed by atoms with Crippen molar-refractivity contribution in [3.8, 4) is 0 Å². The molecule has 2 rings (SSSR count). The van der Waals surface area contributed by atoms with E-state index in [1.165, 1.54) is 0 Å². The molecule has 1 aromatic carbocycles. The smallest absolute Gasteiger partial charge is 0.152 e. The zero-order chi connectivity index (χ0) is 12.6. The van der Waals surface area contributed by atoms with E-state index in [1.807, 2.05) is 19.2 Å². The third kappa shape index (κ3) is 1.97. The number of pyridine rings is 1. The van der Waals surface area contributed by atoms with Gasteiger partial charge in [0, 0.05) is 12.4 Å². The minimum Gasteiger partial charge on any atom is -0.373 e. The first-order valence-corrected chi connectivity index (χ1v) is 5.82. The van der Waals surface area contributed by atoms with Crippen LogP contribution in [0.4, 0.5) is 10.2 Å². The van der Waals surface area contributed by atoms with Gasteiger partial charge in [0.1, 0.15) is 11.3 Å². The topological polar surface area (TPSA) is 24.9 Å². The number of benzene rings is 1. The fraction of sp³-hybridized carbons (Fsp3) is 0.357. The maximum absolute atomic E-state index is 14.0. The Kier molecular flexibility index (Phi) is 3.01. The molecule has 0 aliphatic carbocycles. The van der Waals surface area contributed by atoms with E-state index < -0.39 is 0 Å². The molecule has 0 atom stereocenters. The Morgan fingerprint density at radius 3 is 2.59 bits per heavy atom. The van der Waals surface area contributed by atoms with Gasteiger partial charge in [0.05, 0.1) is 0 Å². The van der Waals surface area contributed by atoms with Crippen molar-refractivity contribution in [3.63, 3.8) is 0 Å². The predicted octanol–water partition coefficient (Wildman–Crippen LogP) is 3.85. The Morgan fingerprint density at radius 2 is 2.00 bits per heavy atom. The van der Waals surface area contributed by atoms with Crippen molar-refractivity contribution in [2.24, 2.45) is 0 Å².